The number of benzene rings is 1. The third-order valence-corrected chi connectivity index (χ3v) is 3.74. The molecule has 19 heavy (non-hydrogen) atoms. The number of likely N-dealkylation sites (tertiary alicyclic amines) is 1. The van der Waals surface area contributed by atoms with Gasteiger partial charge in [-0.05, 0) is 49.7 Å². The highest BCUT2D eigenvalue weighted by molar-refractivity contribution is 7.80. The van der Waals surface area contributed by atoms with Crippen molar-refractivity contribution in [2.24, 2.45) is 11.7 Å². The standard InChI is InChI=1S/C14H19N3OS/c1-10-4-2-6-12(8-10)16-14(19)17-7-3-5-11(9-17)13(15)18/h2,4,6,8,11H,3,5,7,9H2,1H3,(H2,15,18)(H,16,19). The molecule has 1 saturated heterocycles. The van der Waals surface area contributed by atoms with E-state index in [1.54, 1.807) is 0 Å². The van der Waals surface area contributed by atoms with Gasteiger partial charge in [0, 0.05) is 18.8 Å². The zero-order chi connectivity index (χ0) is 13.8. The molecule has 3 N–H and O–H groups in total. The second-order valence-electron chi connectivity index (χ2n) is 4.99. The number of carbonyl (C=O) groups is 1. The van der Waals surface area contributed by atoms with Crippen LogP contribution in [0.3, 0.4) is 0 Å². The molecule has 1 aromatic carbocycles. The number of nitrogens with two attached hydrogens (primary N) is 1. The molecule has 1 unspecified atom stereocenters. The predicted octanol–water partition coefficient (Wildman–Crippen LogP) is 1.89. The Labute approximate surface area is 119 Å². The van der Waals surface area contributed by atoms with E-state index in [-0.39, 0.29) is 11.8 Å². The Morgan fingerprint density at radius 3 is 3.00 bits per heavy atom. The molecule has 5 heteroatoms. The molecule has 2 rings (SSSR count). The van der Waals surface area contributed by atoms with Crippen LogP contribution in [0.1, 0.15) is 18.4 Å². The Morgan fingerprint density at radius 2 is 2.32 bits per heavy atom. The fourth-order valence-corrected chi connectivity index (χ4v) is 2.60. The lowest BCUT2D eigenvalue weighted by atomic mass is 9.98. The number of hydrogen-bond donors (Lipinski definition) is 2. The van der Waals surface area contributed by atoms with E-state index in [1.165, 1.54) is 5.56 Å². The average Bonchev–Trinajstić information content (AvgIpc) is 2.39. The molecule has 0 spiro atoms. The molecule has 1 amide bonds. The van der Waals surface area contributed by atoms with Crippen LogP contribution in [-0.4, -0.2) is 29.0 Å². The lowest BCUT2D eigenvalue weighted by Crippen LogP contribution is -2.45. The van der Waals surface area contributed by atoms with E-state index < -0.39 is 0 Å². The summed E-state index contributed by atoms with van der Waals surface area (Å²) in [5.41, 5.74) is 7.53. The lowest BCUT2D eigenvalue weighted by molar-refractivity contribution is -0.122. The number of anilines is 1. The van der Waals surface area contributed by atoms with Gasteiger partial charge in [-0.25, -0.2) is 0 Å². The third kappa shape index (κ3) is 3.67. The predicted molar refractivity (Wildman–Crippen MR) is 80.9 cm³/mol. The van der Waals surface area contributed by atoms with Crippen molar-refractivity contribution < 1.29 is 4.79 Å². The Balaban J connectivity index is 1.98. The molecule has 0 aromatic heterocycles. The largest absolute Gasteiger partial charge is 0.369 e. The summed E-state index contributed by atoms with van der Waals surface area (Å²) in [6.07, 6.45) is 1.81. The monoisotopic (exact) mass is 277 g/mol. The van der Waals surface area contributed by atoms with Crippen molar-refractivity contribution >= 4 is 28.9 Å². The van der Waals surface area contributed by atoms with Gasteiger partial charge >= 0.3 is 0 Å². The van der Waals surface area contributed by atoms with Gasteiger partial charge in [-0.15, -0.1) is 0 Å². The van der Waals surface area contributed by atoms with Crippen LogP contribution in [-0.2, 0) is 4.79 Å². The number of aryl methyl sites for hydroxylation is 1. The first-order valence-corrected chi connectivity index (χ1v) is 6.89. The summed E-state index contributed by atoms with van der Waals surface area (Å²) in [5.74, 6) is -0.325. The summed E-state index contributed by atoms with van der Waals surface area (Å²) < 4.78 is 0. The SMILES string of the molecule is Cc1cccc(NC(=S)N2CCCC(C(N)=O)C2)c1. The summed E-state index contributed by atoms with van der Waals surface area (Å²) in [4.78, 5) is 13.3. The number of amides is 1. The number of rotatable bonds is 2. The van der Waals surface area contributed by atoms with E-state index in [0.29, 0.717) is 11.7 Å². The molecular formula is C14H19N3OS. The minimum atomic E-state index is -0.233. The Bertz CT molecular complexity index is 489. The van der Waals surface area contributed by atoms with Gasteiger partial charge in [-0.1, -0.05) is 12.1 Å². The quantitative estimate of drug-likeness (QED) is 0.811. The van der Waals surface area contributed by atoms with Crippen LogP contribution in [0.15, 0.2) is 24.3 Å². The van der Waals surface area contributed by atoms with Crippen LogP contribution in [0.2, 0.25) is 0 Å². The number of nitrogens with zero attached hydrogens (tertiary/aromatic N) is 1. The molecule has 1 aliphatic rings. The first kappa shape index (κ1) is 13.8. The number of nitrogens with one attached hydrogen (secondary N) is 1. The lowest BCUT2D eigenvalue weighted by Gasteiger charge is -2.33. The van der Waals surface area contributed by atoms with Crippen LogP contribution in [0.25, 0.3) is 0 Å². The van der Waals surface area contributed by atoms with E-state index in [4.69, 9.17) is 18.0 Å². The molecule has 1 atom stereocenters. The Hall–Kier alpha value is -1.62. The molecule has 4 nitrogen and oxygen atoms in total. The van der Waals surface area contributed by atoms with Gasteiger partial charge in [-0.3, -0.25) is 4.79 Å². The molecule has 1 aliphatic heterocycles. The van der Waals surface area contributed by atoms with Crippen LogP contribution in [0.4, 0.5) is 5.69 Å². The molecule has 0 saturated carbocycles. The number of hydrogen-bond acceptors (Lipinski definition) is 2. The smallest absolute Gasteiger partial charge is 0.222 e. The first-order valence-electron chi connectivity index (χ1n) is 6.48. The third-order valence-electron chi connectivity index (χ3n) is 3.38. The zero-order valence-electron chi connectivity index (χ0n) is 11.1. The van der Waals surface area contributed by atoms with Crippen LogP contribution >= 0.6 is 12.2 Å². The Kier molecular flexibility index (Phi) is 4.37. The zero-order valence-corrected chi connectivity index (χ0v) is 11.9. The normalized spacial score (nSPS) is 19.0. The maximum absolute atomic E-state index is 11.3. The topological polar surface area (TPSA) is 58.4 Å². The van der Waals surface area contributed by atoms with Gasteiger partial charge in [-0.2, -0.15) is 0 Å². The van der Waals surface area contributed by atoms with Gasteiger partial charge in [0.25, 0.3) is 0 Å². The van der Waals surface area contributed by atoms with Crippen LogP contribution in [0.5, 0.6) is 0 Å². The molecule has 1 fully saturated rings. The number of carbonyl (C=O) groups excluding carboxylic acids is 1. The molecular weight excluding hydrogens is 258 g/mol. The summed E-state index contributed by atoms with van der Waals surface area (Å²) in [7, 11) is 0. The van der Waals surface area contributed by atoms with Crippen LogP contribution in [0, 0.1) is 12.8 Å². The summed E-state index contributed by atoms with van der Waals surface area (Å²) in [6.45, 7) is 3.53. The van der Waals surface area contributed by atoms with Crippen molar-refractivity contribution in [2.45, 2.75) is 19.8 Å². The van der Waals surface area contributed by atoms with E-state index in [1.807, 2.05) is 36.1 Å². The first-order chi connectivity index (χ1) is 9.06. The van der Waals surface area contributed by atoms with Gasteiger partial charge in [0.1, 0.15) is 0 Å². The van der Waals surface area contributed by atoms with Crippen molar-refractivity contribution in [3.8, 4) is 0 Å². The highest BCUT2D eigenvalue weighted by atomic mass is 32.1. The maximum atomic E-state index is 11.3. The van der Waals surface area contributed by atoms with Gasteiger partial charge in [0.15, 0.2) is 5.11 Å². The van der Waals surface area contributed by atoms with Crippen molar-refractivity contribution in [3.63, 3.8) is 0 Å². The second-order valence-corrected chi connectivity index (χ2v) is 5.37. The number of piperidine rings is 1. The highest BCUT2D eigenvalue weighted by Crippen LogP contribution is 2.18. The molecule has 1 aromatic rings. The van der Waals surface area contributed by atoms with Crippen molar-refractivity contribution in [3.05, 3.63) is 29.8 Å². The average molecular weight is 277 g/mol. The van der Waals surface area contributed by atoms with Gasteiger partial charge in [0.2, 0.25) is 5.91 Å². The maximum Gasteiger partial charge on any atom is 0.222 e. The molecule has 0 radical (unpaired) electrons. The van der Waals surface area contributed by atoms with Crippen LogP contribution < -0.4 is 11.1 Å². The van der Waals surface area contributed by atoms with Crippen molar-refractivity contribution in [1.29, 1.82) is 0 Å². The second kappa shape index (κ2) is 6.02. The van der Waals surface area contributed by atoms with E-state index in [2.05, 4.69) is 5.32 Å². The minimum Gasteiger partial charge on any atom is -0.369 e. The van der Waals surface area contributed by atoms with Gasteiger partial charge in [0.05, 0.1) is 5.92 Å². The van der Waals surface area contributed by atoms with Crippen molar-refractivity contribution in [2.75, 3.05) is 18.4 Å². The fourth-order valence-electron chi connectivity index (χ4n) is 2.32. The van der Waals surface area contributed by atoms with Gasteiger partial charge < -0.3 is 16.0 Å². The molecule has 0 aliphatic carbocycles. The molecule has 0 bridgehead atoms. The summed E-state index contributed by atoms with van der Waals surface area (Å²) in [6, 6.07) is 8.05. The molecule has 102 valence electrons. The summed E-state index contributed by atoms with van der Waals surface area (Å²) in [5, 5.41) is 3.88. The Morgan fingerprint density at radius 1 is 1.53 bits per heavy atom. The number of thiocarbonyl (C=S) groups is 1. The van der Waals surface area contributed by atoms with E-state index in [9.17, 15) is 4.79 Å². The number of primary amides is 1. The highest BCUT2D eigenvalue weighted by Gasteiger charge is 2.25. The van der Waals surface area contributed by atoms with Crippen molar-refractivity contribution in [1.82, 2.24) is 4.90 Å². The minimum absolute atomic E-state index is 0.0917. The van der Waals surface area contributed by atoms with E-state index >= 15 is 0 Å². The molecule has 1 heterocycles. The summed E-state index contributed by atoms with van der Waals surface area (Å²) >= 11 is 5.40. The van der Waals surface area contributed by atoms with E-state index in [0.717, 1.165) is 25.1 Å². The fraction of sp³-hybridized carbons (Fsp3) is 0.429.